The molecule has 6 nitrogen and oxygen atoms in total. The van der Waals surface area contributed by atoms with E-state index in [0.29, 0.717) is 44.0 Å². The van der Waals surface area contributed by atoms with E-state index >= 15 is 0 Å². The van der Waals surface area contributed by atoms with Crippen LogP contribution in [-0.2, 0) is 15.7 Å². The third-order valence-electron chi connectivity index (χ3n) is 4.85. The number of rotatable bonds is 7. The van der Waals surface area contributed by atoms with Gasteiger partial charge in [0, 0.05) is 31.6 Å². The van der Waals surface area contributed by atoms with Crippen LogP contribution in [0.5, 0.6) is 0 Å². The number of carbonyl (C=O) groups excluding carboxylic acids is 2. The molecule has 0 radical (unpaired) electrons. The van der Waals surface area contributed by atoms with Gasteiger partial charge in [0.25, 0.3) is 5.91 Å². The van der Waals surface area contributed by atoms with Crippen LogP contribution in [0.4, 0.5) is 24.5 Å². The average molecular weight is 435 g/mol. The zero-order valence-corrected chi connectivity index (χ0v) is 16.9. The summed E-state index contributed by atoms with van der Waals surface area (Å²) in [5, 5.41) is 5.33. The number of halogens is 3. The molecule has 2 amide bonds. The normalized spacial score (nSPS) is 14.2. The molecule has 3 rings (SSSR count). The molecule has 2 N–H and O–H groups in total. The third-order valence-corrected chi connectivity index (χ3v) is 4.85. The van der Waals surface area contributed by atoms with Gasteiger partial charge in [0.15, 0.2) is 0 Å². The van der Waals surface area contributed by atoms with Crippen molar-refractivity contribution in [1.82, 2.24) is 5.32 Å². The van der Waals surface area contributed by atoms with E-state index in [1.54, 1.807) is 30.3 Å². The first-order valence-electron chi connectivity index (χ1n) is 10.0. The molecular weight excluding hydrogens is 411 g/mol. The Kier molecular flexibility index (Phi) is 7.51. The molecule has 31 heavy (non-hydrogen) atoms. The molecule has 0 bridgehead atoms. The summed E-state index contributed by atoms with van der Waals surface area (Å²) in [6, 6.07) is 12.0. The molecule has 0 aromatic heterocycles. The lowest BCUT2D eigenvalue weighted by Gasteiger charge is -2.31. The summed E-state index contributed by atoms with van der Waals surface area (Å²) in [7, 11) is 0. The van der Waals surface area contributed by atoms with Crippen molar-refractivity contribution in [1.29, 1.82) is 0 Å². The van der Waals surface area contributed by atoms with E-state index in [0.717, 1.165) is 12.1 Å². The largest absolute Gasteiger partial charge is 0.416 e. The van der Waals surface area contributed by atoms with Crippen molar-refractivity contribution >= 4 is 23.2 Å². The Balaban J connectivity index is 1.59. The maximum Gasteiger partial charge on any atom is 0.416 e. The number of hydrogen-bond donors (Lipinski definition) is 2. The Hall–Kier alpha value is -3.07. The maximum atomic E-state index is 13.2. The van der Waals surface area contributed by atoms with Gasteiger partial charge in [0.2, 0.25) is 5.91 Å². The Morgan fingerprint density at radius 2 is 1.74 bits per heavy atom. The number of alkyl halides is 3. The molecule has 0 aliphatic carbocycles. The van der Waals surface area contributed by atoms with Crippen LogP contribution >= 0.6 is 0 Å². The van der Waals surface area contributed by atoms with Gasteiger partial charge in [-0.25, -0.2) is 0 Å². The van der Waals surface area contributed by atoms with Gasteiger partial charge < -0.3 is 20.3 Å². The molecule has 2 aromatic rings. The van der Waals surface area contributed by atoms with Crippen molar-refractivity contribution in [3.63, 3.8) is 0 Å². The maximum absolute atomic E-state index is 13.2. The predicted molar refractivity (Wildman–Crippen MR) is 111 cm³/mol. The Labute approximate surface area is 178 Å². The summed E-state index contributed by atoms with van der Waals surface area (Å²) in [6.45, 7) is 2.27. The number of amides is 2. The molecule has 1 saturated heterocycles. The van der Waals surface area contributed by atoms with Gasteiger partial charge in [-0.15, -0.1) is 0 Å². The molecule has 0 unspecified atom stereocenters. The predicted octanol–water partition coefficient (Wildman–Crippen LogP) is 3.69. The summed E-state index contributed by atoms with van der Waals surface area (Å²) >= 11 is 0. The van der Waals surface area contributed by atoms with E-state index in [1.165, 1.54) is 6.07 Å². The van der Waals surface area contributed by atoms with Gasteiger partial charge in [0.05, 0.1) is 30.2 Å². The summed E-state index contributed by atoms with van der Waals surface area (Å²) in [4.78, 5) is 26.3. The number of nitrogens with one attached hydrogen (secondary N) is 2. The second-order valence-electron chi connectivity index (χ2n) is 7.10. The van der Waals surface area contributed by atoms with Gasteiger partial charge >= 0.3 is 6.18 Å². The van der Waals surface area contributed by atoms with Crippen LogP contribution in [0, 0.1) is 0 Å². The van der Waals surface area contributed by atoms with Gasteiger partial charge in [-0.2, -0.15) is 13.2 Å². The fraction of sp³-hybridized carbons (Fsp3) is 0.364. The number of anilines is 2. The van der Waals surface area contributed by atoms with Crippen LogP contribution in [0.25, 0.3) is 0 Å². The number of hydrogen-bond acceptors (Lipinski definition) is 4. The van der Waals surface area contributed by atoms with Crippen LogP contribution in [-0.4, -0.2) is 44.7 Å². The van der Waals surface area contributed by atoms with Crippen LogP contribution in [0.3, 0.4) is 0 Å². The second kappa shape index (κ2) is 10.3. The van der Waals surface area contributed by atoms with Crippen LogP contribution in [0.15, 0.2) is 48.5 Å². The Bertz CT molecular complexity index is 898. The van der Waals surface area contributed by atoms with E-state index in [2.05, 4.69) is 10.6 Å². The lowest BCUT2D eigenvalue weighted by Crippen LogP contribution is -2.37. The van der Waals surface area contributed by atoms with E-state index in [9.17, 15) is 22.8 Å². The van der Waals surface area contributed by atoms with E-state index in [-0.39, 0.29) is 24.6 Å². The molecule has 0 atom stereocenters. The van der Waals surface area contributed by atoms with Gasteiger partial charge in [-0.05, 0) is 36.8 Å². The lowest BCUT2D eigenvalue weighted by molar-refractivity contribution is -0.137. The number of benzene rings is 2. The highest BCUT2D eigenvalue weighted by Crippen LogP contribution is 2.35. The molecule has 0 spiro atoms. The first kappa shape index (κ1) is 22.6. The standard InChI is InChI=1S/C22H24F3N3O3/c23-22(24,25)17-8-9-19(28-11-13-31-14-12-28)18(15-17)27-20(29)7-4-10-26-21(30)16-5-2-1-3-6-16/h1-3,5-6,8-9,15H,4,7,10-14H2,(H,26,30)(H,27,29). The third kappa shape index (κ3) is 6.45. The SMILES string of the molecule is O=C(CCCNC(=O)c1ccccc1)Nc1cc(C(F)(F)F)ccc1N1CCOCC1. The highest BCUT2D eigenvalue weighted by atomic mass is 19.4. The van der Waals surface area contributed by atoms with Gasteiger partial charge in [0.1, 0.15) is 0 Å². The zero-order valence-electron chi connectivity index (χ0n) is 16.9. The summed E-state index contributed by atoms with van der Waals surface area (Å²) < 4.78 is 44.8. The van der Waals surface area contributed by atoms with Crippen molar-refractivity contribution in [2.45, 2.75) is 19.0 Å². The average Bonchev–Trinajstić information content (AvgIpc) is 2.77. The summed E-state index contributed by atoms with van der Waals surface area (Å²) in [5.41, 5.74) is 0.345. The van der Waals surface area contributed by atoms with Crippen LogP contribution < -0.4 is 15.5 Å². The smallest absolute Gasteiger partial charge is 0.378 e. The van der Waals surface area contributed by atoms with E-state index in [1.807, 2.05) is 4.90 Å². The summed E-state index contributed by atoms with van der Waals surface area (Å²) in [6.07, 6.45) is -4.09. The van der Waals surface area contributed by atoms with Crippen molar-refractivity contribution in [3.8, 4) is 0 Å². The van der Waals surface area contributed by atoms with Crippen LogP contribution in [0.2, 0.25) is 0 Å². The highest BCUT2D eigenvalue weighted by molar-refractivity contribution is 5.95. The van der Waals surface area contributed by atoms with Gasteiger partial charge in [-0.1, -0.05) is 18.2 Å². The van der Waals surface area contributed by atoms with Crippen molar-refractivity contribution < 1.29 is 27.5 Å². The topological polar surface area (TPSA) is 70.7 Å². The monoisotopic (exact) mass is 435 g/mol. The molecule has 1 aliphatic rings. The molecule has 9 heteroatoms. The Morgan fingerprint density at radius 3 is 2.42 bits per heavy atom. The van der Waals surface area contributed by atoms with E-state index < -0.39 is 17.6 Å². The molecule has 1 heterocycles. The quantitative estimate of drug-likeness (QED) is 0.651. The fourth-order valence-corrected chi connectivity index (χ4v) is 3.25. The molecular formula is C22H24F3N3O3. The van der Waals surface area contributed by atoms with Gasteiger partial charge in [-0.3, -0.25) is 9.59 Å². The first-order valence-corrected chi connectivity index (χ1v) is 10.0. The van der Waals surface area contributed by atoms with Crippen molar-refractivity contribution in [2.75, 3.05) is 43.1 Å². The minimum absolute atomic E-state index is 0.0634. The van der Waals surface area contributed by atoms with E-state index in [4.69, 9.17) is 4.74 Å². The minimum atomic E-state index is -4.51. The lowest BCUT2D eigenvalue weighted by atomic mass is 10.1. The highest BCUT2D eigenvalue weighted by Gasteiger charge is 2.31. The fourth-order valence-electron chi connectivity index (χ4n) is 3.25. The van der Waals surface area contributed by atoms with Crippen molar-refractivity contribution in [2.24, 2.45) is 0 Å². The molecule has 0 saturated carbocycles. The number of ether oxygens (including phenoxy) is 1. The minimum Gasteiger partial charge on any atom is -0.378 e. The molecule has 166 valence electrons. The molecule has 1 aliphatic heterocycles. The summed E-state index contributed by atoms with van der Waals surface area (Å²) in [5.74, 6) is -0.656. The second-order valence-corrected chi connectivity index (χ2v) is 7.10. The number of nitrogens with zero attached hydrogens (tertiary/aromatic N) is 1. The number of morpholine rings is 1. The molecule has 2 aromatic carbocycles. The zero-order chi connectivity index (χ0) is 22.3. The first-order chi connectivity index (χ1) is 14.8. The molecule has 1 fully saturated rings. The van der Waals surface area contributed by atoms with Crippen LogP contribution in [0.1, 0.15) is 28.8 Å². The van der Waals surface area contributed by atoms with Crippen molar-refractivity contribution in [3.05, 3.63) is 59.7 Å². The Morgan fingerprint density at radius 1 is 1.03 bits per heavy atom. The number of carbonyl (C=O) groups is 2.